The molecular formula is C11H16ClNS. The zero-order valence-corrected chi connectivity index (χ0v) is 10.2. The second-order valence-electron chi connectivity index (χ2n) is 3.33. The van der Waals surface area contributed by atoms with Crippen molar-refractivity contribution in [3.05, 3.63) is 21.6 Å². The van der Waals surface area contributed by atoms with Crippen LogP contribution in [0.4, 0.5) is 0 Å². The third kappa shape index (κ3) is 3.43. The van der Waals surface area contributed by atoms with Crippen LogP contribution in [0.3, 0.4) is 0 Å². The molecule has 0 saturated carbocycles. The summed E-state index contributed by atoms with van der Waals surface area (Å²) in [5.74, 6) is 0.665. The number of aromatic nitrogens is 1. The molecule has 0 spiro atoms. The Morgan fingerprint density at radius 1 is 1.57 bits per heavy atom. The van der Waals surface area contributed by atoms with Crippen LogP contribution < -0.4 is 0 Å². The van der Waals surface area contributed by atoms with Crippen LogP contribution in [0.1, 0.15) is 38.8 Å². The summed E-state index contributed by atoms with van der Waals surface area (Å²) in [5.41, 5.74) is 2.69. The molecule has 0 saturated heterocycles. The van der Waals surface area contributed by atoms with E-state index < -0.39 is 0 Å². The smallest absolute Gasteiger partial charge is 0.120 e. The Hall–Kier alpha value is -0.340. The lowest BCUT2D eigenvalue weighted by Crippen LogP contribution is -1.92. The highest BCUT2D eigenvalue weighted by Gasteiger charge is 2.02. The van der Waals surface area contributed by atoms with E-state index in [0.717, 1.165) is 10.0 Å². The molecule has 0 amide bonds. The fourth-order valence-electron chi connectivity index (χ4n) is 1.38. The number of allylic oxidation sites excluding steroid dienone is 1. The van der Waals surface area contributed by atoms with E-state index in [1.807, 2.05) is 6.08 Å². The van der Waals surface area contributed by atoms with Crippen LogP contribution in [-0.4, -0.2) is 4.98 Å². The third-order valence-corrected chi connectivity index (χ3v) is 3.35. The number of halogens is 1. The Morgan fingerprint density at radius 3 is 2.86 bits per heavy atom. The molecule has 1 nitrogen and oxygen atoms in total. The van der Waals surface area contributed by atoms with Gasteiger partial charge in [0.15, 0.2) is 0 Å². The molecule has 0 fully saturated rings. The second-order valence-corrected chi connectivity index (χ2v) is 4.78. The fourth-order valence-corrected chi connectivity index (χ4v) is 2.12. The minimum absolute atomic E-state index is 0.665. The Bertz CT molecular complexity index is 293. The van der Waals surface area contributed by atoms with Crippen molar-refractivity contribution >= 4 is 29.0 Å². The normalized spacial score (nSPS) is 13.6. The summed E-state index contributed by atoms with van der Waals surface area (Å²) in [6, 6.07) is 0. The topological polar surface area (TPSA) is 12.9 Å². The Kier molecular flexibility index (Phi) is 5.20. The summed E-state index contributed by atoms with van der Waals surface area (Å²) >= 11 is 7.43. The highest BCUT2D eigenvalue weighted by molar-refractivity contribution is 7.14. The number of nitrogens with zero attached hydrogens (tertiary/aromatic N) is 1. The standard InChI is InChI=1S/C11H16ClNS/c1-3-5-9(4-2)6-7-10-11(12)14-8-13-10/h6-9H,3-5H2,1-2H3/b7-6+. The lowest BCUT2D eigenvalue weighted by atomic mass is 10.0. The van der Waals surface area contributed by atoms with Crippen molar-refractivity contribution in [3.8, 4) is 0 Å². The zero-order chi connectivity index (χ0) is 10.4. The summed E-state index contributed by atoms with van der Waals surface area (Å²) in [7, 11) is 0. The molecule has 0 N–H and O–H groups in total. The van der Waals surface area contributed by atoms with Crippen LogP contribution in [-0.2, 0) is 0 Å². The van der Waals surface area contributed by atoms with E-state index in [2.05, 4.69) is 24.9 Å². The van der Waals surface area contributed by atoms with Crippen LogP contribution in [0, 0.1) is 5.92 Å². The van der Waals surface area contributed by atoms with Gasteiger partial charge >= 0.3 is 0 Å². The van der Waals surface area contributed by atoms with Gasteiger partial charge in [0.05, 0.1) is 11.2 Å². The summed E-state index contributed by atoms with van der Waals surface area (Å²) in [6.07, 6.45) is 7.93. The Balaban J connectivity index is 2.57. The molecule has 0 aliphatic heterocycles. The highest BCUT2D eigenvalue weighted by atomic mass is 35.5. The predicted molar refractivity (Wildman–Crippen MR) is 64.8 cm³/mol. The summed E-state index contributed by atoms with van der Waals surface area (Å²) in [4.78, 5) is 4.18. The molecule has 0 aliphatic carbocycles. The molecule has 1 aromatic heterocycles. The van der Waals surface area contributed by atoms with E-state index in [1.165, 1.54) is 30.6 Å². The second kappa shape index (κ2) is 6.20. The van der Waals surface area contributed by atoms with Gasteiger partial charge in [0.1, 0.15) is 4.34 Å². The van der Waals surface area contributed by atoms with Gasteiger partial charge in [-0.25, -0.2) is 4.98 Å². The maximum atomic E-state index is 5.95. The first-order valence-corrected chi connectivity index (χ1v) is 6.30. The van der Waals surface area contributed by atoms with E-state index in [9.17, 15) is 0 Å². The van der Waals surface area contributed by atoms with Crippen LogP contribution in [0.2, 0.25) is 4.34 Å². The molecule has 0 bridgehead atoms. The van der Waals surface area contributed by atoms with Crippen LogP contribution in [0.5, 0.6) is 0 Å². The number of hydrogen-bond acceptors (Lipinski definition) is 2. The van der Waals surface area contributed by atoms with Gasteiger partial charge in [-0.3, -0.25) is 0 Å². The van der Waals surface area contributed by atoms with Gasteiger partial charge in [0.25, 0.3) is 0 Å². The highest BCUT2D eigenvalue weighted by Crippen LogP contribution is 2.22. The molecule has 0 aliphatic rings. The molecule has 78 valence electrons. The SMILES string of the molecule is CCCC(/C=C/c1ncsc1Cl)CC. The zero-order valence-electron chi connectivity index (χ0n) is 8.66. The van der Waals surface area contributed by atoms with Crippen molar-refractivity contribution in [1.82, 2.24) is 4.98 Å². The minimum Gasteiger partial charge on any atom is -0.244 e. The molecule has 0 radical (unpaired) electrons. The first-order chi connectivity index (χ1) is 6.77. The van der Waals surface area contributed by atoms with E-state index >= 15 is 0 Å². The van der Waals surface area contributed by atoms with Crippen molar-refractivity contribution in [1.29, 1.82) is 0 Å². The first kappa shape index (κ1) is 11.7. The molecule has 1 rings (SSSR count). The first-order valence-electron chi connectivity index (χ1n) is 5.05. The molecule has 0 aromatic carbocycles. The predicted octanol–water partition coefficient (Wildman–Crippen LogP) is 4.64. The van der Waals surface area contributed by atoms with Gasteiger partial charge in [-0.1, -0.05) is 37.9 Å². The number of thiazole rings is 1. The van der Waals surface area contributed by atoms with E-state index in [1.54, 1.807) is 5.51 Å². The molecule has 14 heavy (non-hydrogen) atoms. The lowest BCUT2D eigenvalue weighted by molar-refractivity contribution is 0.565. The summed E-state index contributed by atoms with van der Waals surface area (Å²) in [5, 5.41) is 0. The molecule has 1 heterocycles. The molecule has 1 unspecified atom stereocenters. The van der Waals surface area contributed by atoms with Crippen molar-refractivity contribution in [3.63, 3.8) is 0 Å². The number of hydrogen-bond donors (Lipinski definition) is 0. The van der Waals surface area contributed by atoms with Gasteiger partial charge in [0.2, 0.25) is 0 Å². The average Bonchev–Trinajstić information content (AvgIpc) is 2.59. The maximum absolute atomic E-state index is 5.95. The Labute approximate surface area is 94.8 Å². The van der Waals surface area contributed by atoms with E-state index in [4.69, 9.17) is 11.6 Å². The van der Waals surface area contributed by atoms with E-state index in [-0.39, 0.29) is 0 Å². The van der Waals surface area contributed by atoms with Gasteiger partial charge in [-0.15, -0.1) is 11.3 Å². The molecular weight excluding hydrogens is 214 g/mol. The maximum Gasteiger partial charge on any atom is 0.120 e. The Morgan fingerprint density at radius 2 is 2.36 bits per heavy atom. The van der Waals surface area contributed by atoms with Crippen molar-refractivity contribution in [2.75, 3.05) is 0 Å². The minimum atomic E-state index is 0.665. The van der Waals surface area contributed by atoms with Crippen molar-refractivity contribution < 1.29 is 0 Å². The quantitative estimate of drug-likeness (QED) is 0.717. The number of rotatable bonds is 5. The third-order valence-electron chi connectivity index (χ3n) is 2.26. The molecule has 1 aromatic rings. The van der Waals surface area contributed by atoms with E-state index in [0.29, 0.717) is 5.92 Å². The van der Waals surface area contributed by atoms with Gasteiger partial charge in [-0.05, 0) is 24.8 Å². The lowest BCUT2D eigenvalue weighted by Gasteiger charge is -2.06. The van der Waals surface area contributed by atoms with Crippen LogP contribution in [0.25, 0.3) is 6.08 Å². The van der Waals surface area contributed by atoms with Crippen molar-refractivity contribution in [2.45, 2.75) is 33.1 Å². The molecule has 1 atom stereocenters. The molecule has 3 heteroatoms. The van der Waals surface area contributed by atoms with Crippen LogP contribution >= 0.6 is 22.9 Å². The van der Waals surface area contributed by atoms with Crippen LogP contribution in [0.15, 0.2) is 11.6 Å². The summed E-state index contributed by atoms with van der Waals surface area (Å²) < 4.78 is 0.785. The van der Waals surface area contributed by atoms with Gasteiger partial charge < -0.3 is 0 Å². The largest absolute Gasteiger partial charge is 0.244 e. The average molecular weight is 230 g/mol. The van der Waals surface area contributed by atoms with Gasteiger partial charge in [-0.2, -0.15) is 0 Å². The van der Waals surface area contributed by atoms with Gasteiger partial charge in [0, 0.05) is 0 Å². The fraction of sp³-hybridized carbons (Fsp3) is 0.545. The van der Waals surface area contributed by atoms with Crippen molar-refractivity contribution in [2.24, 2.45) is 5.92 Å². The summed E-state index contributed by atoms with van der Waals surface area (Å²) in [6.45, 7) is 4.43. The monoisotopic (exact) mass is 229 g/mol.